The van der Waals surface area contributed by atoms with Gasteiger partial charge >= 0.3 is 0 Å². The van der Waals surface area contributed by atoms with Crippen molar-refractivity contribution >= 4 is 23.6 Å². The summed E-state index contributed by atoms with van der Waals surface area (Å²) in [5.41, 5.74) is 1.09. The zero-order valence-corrected chi connectivity index (χ0v) is 11.9. The Kier molecular flexibility index (Phi) is 4.56. The summed E-state index contributed by atoms with van der Waals surface area (Å²) in [4.78, 5) is 25.1. The monoisotopic (exact) mass is 284 g/mol. The molecule has 21 heavy (non-hydrogen) atoms. The molecule has 0 radical (unpaired) electrons. The lowest BCUT2D eigenvalue weighted by Gasteiger charge is -2.11. The van der Waals surface area contributed by atoms with Gasteiger partial charge in [-0.25, -0.2) is 0 Å². The number of hydrogen-bond acceptors (Lipinski definition) is 3. The SMILES string of the molecule is CN(C)C(=O)c1cccc(NC(=O)C=Cc2ccco2)c1. The second-order valence-corrected chi connectivity index (χ2v) is 4.62. The van der Waals surface area contributed by atoms with E-state index in [0.717, 1.165) is 0 Å². The Bertz CT molecular complexity index is 658. The normalized spacial score (nSPS) is 10.6. The number of amides is 2. The third-order valence-corrected chi connectivity index (χ3v) is 2.73. The molecule has 2 amide bonds. The first-order valence-electron chi connectivity index (χ1n) is 6.40. The average molecular weight is 284 g/mol. The number of nitrogens with one attached hydrogen (secondary N) is 1. The summed E-state index contributed by atoms with van der Waals surface area (Å²) in [6.07, 6.45) is 4.48. The van der Waals surface area contributed by atoms with E-state index in [0.29, 0.717) is 17.0 Å². The van der Waals surface area contributed by atoms with Crippen LogP contribution in [0, 0.1) is 0 Å². The van der Waals surface area contributed by atoms with E-state index in [1.165, 1.54) is 17.2 Å². The van der Waals surface area contributed by atoms with Crippen molar-refractivity contribution in [2.45, 2.75) is 0 Å². The molecular formula is C16H16N2O3. The van der Waals surface area contributed by atoms with Crippen LogP contribution in [0.1, 0.15) is 16.1 Å². The van der Waals surface area contributed by atoms with E-state index in [-0.39, 0.29) is 11.8 Å². The van der Waals surface area contributed by atoms with E-state index >= 15 is 0 Å². The van der Waals surface area contributed by atoms with Gasteiger partial charge in [0.15, 0.2) is 0 Å². The molecule has 0 fully saturated rings. The van der Waals surface area contributed by atoms with Crippen molar-refractivity contribution in [3.8, 4) is 0 Å². The molecule has 0 unspecified atom stereocenters. The van der Waals surface area contributed by atoms with Gasteiger partial charge in [-0.15, -0.1) is 0 Å². The summed E-state index contributed by atoms with van der Waals surface area (Å²) in [6.45, 7) is 0. The van der Waals surface area contributed by atoms with Gasteiger partial charge in [-0.1, -0.05) is 6.07 Å². The number of nitrogens with zero attached hydrogens (tertiary/aromatic N) is 1. The summed E-state index contributed by atoms with van der Waals surface area (Å²) in [6, 6.07) is 10.3. The summed E-state index contributed by atoms with van der Waals surface area (Å²) >= 11 is 0. The Morgan fingerprint density at radius 3 is 2.67 bits per heavy atom. The highest BCUT2D eigenvalue weighted by Gasteiger charge is 2.08. The molecule has 0 atom stereocenters. The predicted molar refractivity (Wildman–Crippen MR) is 80.8 cm³/mol. The van der Waals surface area contributed by atoms with Crippen LogP contribution in [0.2, 0.25) is 0 Å². The van der Waals surface area contributed by atoms with Crippen molar-refractivity contribution in [2.75, 3.05) is 19.4 Å². The van der Waals surface area contributed by atoms with Gasteiger partial charge < -0.3 is 14.6 Å². The summed E-state index contributed by atoms with van der Waals surface area (Å²) in [5.74, 6) is 0.194. The minimum absolute atomic E-state index is 0.114. The summed E-state index contributed by atoms with van der Waals surface area (Å²) in [5, 5.41) is 2.70. The fraction of sp³-hybridized carbons (Fsp3) is 0.125. The highest BCUT2D eigenvalue weighted by atomic mass is 16.3. The first kappa shape index (κ1) is 14.6. The molecule has 0 aliphatic carbocycles. The van der Waals surface area contributed by atoms with Gasteiger partial charge in [0.1, 0.15) is 5.76 Å². The Hall–Kier alpha value is -2.82. The molecule has 2 aromatic rings. The maximum Gasteiger partial charge on any atom is 0.253 e. The highest BCUT2D eigenvalue weighted by Crippen LogP contribution is 2.12. The molecule has 1 aromatic carbocycles. The van der Waals surface area contributed by atoms with Crippen LogP contribution >= 0.6 is 0 Å². The lowest BCUT2D eigenvalue weighted by atomic mass is 10.2. The summed E-state index contributed by atoms with van der Waals surface area (Å²) < 4.78 is 5.09. The zero-order chi connectivity index (χ0) is 15.2. The van der Waals surface area contributed by atoms with E-state index in [9.17, 15) is 9.59 Å². The number of rotatable bonds is 4. The number of furan rings is 1. The Morgan fingerprint density at radius 2 is 2.00 bits per heavy atom. The number of benzene rings is 1. The van der Waals surface area contributed by atoms with Gasteiger partial charge in [-0.2, -0.15) is 0 Å². The van der Waals surface area contributed by atoms with E-state index in [1.807, 2.05) is 0 Å². The van der Waals surface area contributed by atoms with Gasteiger partial charge in [-0.05, 0) is 36.4 Å². The largest absolute Gasteiger partial charge is 0.465 e. The van der Waals surface area contributed by atoms with E-state index in [4.69, 9.17) is 4.42 Å². The van der Waals surface area contributed by atoms with Crippen molar-refractivity contribution in [2.24, 2.45) is 0 Å². The molecule has 0 aliphatic heterocycles. The van der Waals surface area contributed by atoms with Crippen molar-refractivity contribution < 1.29 is 14.0 Å². The molecule has 0 saturated carbocycles. The molecule has 2 rings (SSSR count). The van der Waals surface area contributed by atoms with Crippen LogP contribution in [0.5, 0.6) is 0 Å². The van der Waals surface area contributed by atoms with Crippen molar-refractivity contribution in [1.29, 1.82) is 0 Å². The van der Waals surface area contributed by atoms with Crippen LogP contribution in [0.15, 0.2) is 53.2 Å². The fourth-order valence-electron chi connectivity index (χ4n) is 1.72. The minimum Gasteiger partial charge on any atom is -0.465 e. The zero-order valence-electron chi connectivity index (χ0n) is 11.9. The molecule has 5 heteroatoms. The highest BCUT2D eigenvalue weighted by molar-refractivity contribution is 6.02. The van der Waals surface area contributed by atoms with Gasteiger partial charge in [-0.3, -0.25) is 9.59 Å². The van der Waals surface area contributed by atoms with Crippen molar-refractivity contribution in [3.05, 3.63) is 60.1 Å². The van der Waals surface area contributed by atoms with Crippen molar-refractivity contribution in [1.82, 2.24) is 4.90 Å². The smallest absolute Gasteiger partial charge is 0.253 e. The van der Waals surface area contributed by atoms with Crippen molar-refractivity contribution in [3.63, 3.8) is 0 Å². The van der Waals surface area contributed by atoms with Crippen LogP contribution in [0.4, 0.5) is 5.69 Å². The van der Waals surface area contributed by atoms with Crippen LogP contribution in [0.3, 0.4) is 0 Å². The molecule has 0 bridgehead atoms. The maximum absolute atomic E-state index is 11.9. The quantitative estimate of drug-likeness (QED) is 0.878. The number of anilines is 1. The molecular weight excluding hydrogens is 268 g/mol. The molecule has 1 heterocycles. The topological polar surface area (TPSA) is 62.6 Å². The lowest BCUT2D eigenvalue weighted by molar-refractivity contribution is -0.111. The van der Waals surface area contributed by atoms with Crippen LogP contribution < -0.4 is 5.32 Å². The molecule has 1 N–H and O–H groups in total. The minimum atomic E-state index is -0.291. The average Bonchev–Trinajstić information content (AvgIpc) is 2.98. The second-order valence-electron chi connectivity index (χ2n) is 4.62. The van der Waals surface area contributed by atoms with Gasteiger partial charge in [0.2, 0.25) is 5.91 Å². The molecule has 1 aromatic heterocycles. The van der Waals surface area contributed by atoms with E-state index in [2.05, 4.69) is 5.32 Å². The predicted octanol–water partition coefficient (Wildman–Crippen LogP) is 2.63. The standard InChI is InChI=1S/C16H16N2O3/c1-18(2)16(20)12-5-3-6-13(11-12)17-15(19)9-8-14-7-4-10-21-14/h3-11H,1-2H3,(H,17,19). The number of carbonyl (C=O) groups is 2. The third-order valence-electron chi connectivity index (χ3n) is 2.73. The maximum atomic E-state index is 11.9. The second kappa shape index (κ2) is 6.56. The van der Waals surface area contributed by atoms with E-state index in [1.54, 1.807) is 56.6 Å². The Morgan fingerprint density at radius 1 is 1.19 bits per heavy atom. The molecule has 0 saturated heterocycles. The van der Waals surface area contributed by atoms with Crippen LogP contribution in [-0.2, 0) is 4.79 Å². The molecule has 0 aliphatic rings. The Labute approximate surface area is 122 Å². The lowest BCUT2D eigenvalue weighted by Crippen LogP contribution is -2.21. The van der Waals surface area contributed by atoms with E-state index < -0.39 is 0 Å². The first-order chi connectivity index (χ1) is 10.1. The van der Waals surface area contributed by atoms with Crippen LogP contribution in [0.25, 0.3) is 6.08 Å². The van der Waals surface area contributed by atoms with Gasteiger partial charge in [0.05, 0.1) is 6.26 Å². The third kappa shape index (κ3) is 4.07. The van der Waals surface area contributed by atoms with Gasteiger partial charge in [0, 0.05) is 31.4 Å². The van der Waals surface area contributed by atoms with Gasteiger partial charge in [0.25, 0.3) is 5.91 Å². The van der Waals surface area contributed by atoms with Crippen LogP contribution in [-0.4, -0.2) is 30.8 Å². The number of hydrogen-bond donors (Lipinski definition) is 1. The Balaban J connectivity index is 2.04. The fourth-order valence-corrected chi connectivity index (χ4v) is 1.72. The molecule has 5 nitrogen and oxygen atoms in total. The summed E-state index contributed by atoms with van der Waals surface area (Å²) in [7, 11) is 3.36. The first-order valence-corrected chi connectivity index (χ1v) is 6.40. The number of carbonyl (C=O) groups excluding carboxylic acids is 2. The molecule has 108 valence electrons. The molecule has 0 spiro atoms.